The van der Waals surface area contributed by atoms with Gasteiger partial charge >= 0.3 is 0 Å². The van der Waals surface area contributed by atoms with Gasteiger partial charge in [0.1, 0.15) is 0 Å². The van der Waals surface area contributed by atoms with Crippen LogP contribution in [0.15, 0.2) is 23.3 Å². The highest BCUT2D eigenvalue weighted by molar-refractivity contribution is 5.35. The normalized spacial score (nSPS) is 46.0. The predicted molar refractivity (Wildman–Crippen MR) is 128 cm³/mol. The van der Waals surface area contributed by atoms with E-state index in [-0.39, 0.29) is 6.10 Å². The lowest BCUT2D eigenvalue weighted by atomic mass is 9.49. The van der Waals surface area contributed by atoms with Crippen molar-refractivity contribution in [2.24, 2.45) is 52.3 Å². The number of allylic oxidation sites excluding steroid dienone is 4. The minimum atomic E-state index is -0.0733. The van der Waals surface area contributed by atoms with Crippen molar-refractivity contribution in [3.8, 4) is 0 Å². The van der Waals surface area contributed by atoms with Crippen LogP contribution >= 0.6 is 0 Å². The number of hydrogen-bond donors (Lipinski definition) is 1. The van der Waals surface area contributed by atoms with Gasteiger partial charge in [-0.1, -0.05) is 71.8 Å². The SMILES string of the molecule is CC(C)C(C)C=C[C@@H](C)[C@H]1CC[C@H]2C3=C(CC[C@]12C)[C@@]1(C)CC[C@H](O)C(C)[C@@H]1CC3. The van der Waals surface area contributed by atoms with Crippen LogP contribution in [0, 0.1) is 52.3 Å². The van der Waals surface area contributed by atoms with Crippen molar-refractivity contribution in [3.05, 3.63) is 23.3 Å². The number of rotatable bonds is 4. The average molecular weight is 413 g/mol. The second-order valence-electron chi connectivity index (χ2n) is 12.6. The van der Waals surface area contributed by atoms with Crippen molar-refractivity contribution in [3.63, 3.8) is 0 Å². The molecule has 1 heteroatoms. The van der Waals surface area contributed by atoms with Crippen molar-refractivity contribution >= 4 is 0 Å². The molecule has 2 unspecified atom stereocenters. The molecule has 4 aliphatic carbocycles. The Bertz CT molecular complexity index is 701. The molecule has 4 rings (SSSR count). The van der Waals surface area contributed by atoms with E-state index in [9.17, 15) is 5.11 Å². The zero-order valence-electron chi connectivity index (χ0n) is 20.9. The third kappa shape index (κ3) is 3.46. The minimum absolute atomic E-state index is 0.0733. The van der Waals surface area contributed by atoms with Gasteiger partial charge in [-0.25, -0.2) is 0 Å². The molecule has 1 N–H and O–H groups in total. The molecule has 0 radical (unpaired) electrons. The first-order valence-electron chi connectivity index (χ1n) is 13.2. The van der Waals surface area contributed by atoms with Gasteiger partial charge in [-0.3, -0.25) is 0 Å². The second kappa shape index (κ2) is 8.09. The molecule has 0 aromatic carbocycles. The van der Waals surface area contributed by atoms with Gasteiger partial charge in [0.25, 0.3) is 0 Å². The van der Waals surface area contributed by atoms with Crippen LogP contribution in [0.2, 0.25) is 0 Å². The number of aliphatic hydroxyl groups excluding tert-OH is 1. The Morgan fingerprint density at radius 1 is 0.933 bits per heavy atom. The largest absolute Gasteiger partial charge is 0.393 e. The lowest BCUT2D eigenvalue weighted by molar-refractivity contribution is -0.0332. The quantitative estimate of drug-likeness (QED) is 0.467. The molecule has 2 saturated carbocycles. The first-order chi connectivity index (χ1) is 14.1. The van der Waals surface area contributed by atoms with Gasteiger partial charge in [0.2, 0.25) is 0 Å². The van der Waals surface area contributed by atoms with Crippen LogP contribution in [-0.2, 0) is 0 Å². The summed E-state index contributed by atoms with van der Waals surface area (Å²) in [5, 5.41) is 10.5. The average Bonchev–Trinajstić information content (AvgIpc) is 3.06. The van der Waals surface area contributed by atoms with Gasteiger partial charge in [0.05, 0.1) is 6.10 Å². The van der Waals surface area contributed by atoms with E-state index in [0.29, 0.717) is 34.5 Å². The van der Waals surface area contributed by atoms with E-state index < -0.39 is 0 Å². The molecule has 1 nitrogen and oxygen atoms in total. The van der Waals surface area contributed by atoms with Gasteiger partial charge in [0.15, 0.2) is 0 Å². The smallest absolute Gasteiger partial charge is 0.0569 e. The molecule has 30 heavy (non-hydrogen) atoms. The standard InChI is InChI=1S/C29H48O/c1-18(2)19(3)8-9-20(4)23-12-13-25-22-10-11-24-21(5)27(30)15-17-29(24,7)26(22)14-16-28(23,25)6/h8-9,18-21,23-25,27,30H,10-17H2,1-7H3/t19?,20-,21?,23-,24+,25+,27+,28-,29+/m1/s1. The third-order valence-electron chi connectivity index (χ3n) is 11.0. The number of fused-ring (bicyclic) bond motifs is 4. The Hall–Kier alpha value is -0.560. The molecular weight excluding hydrogens is 364 g/mol. The van der Waals surface area contributed by atoms with Crippen LogP contribution in [0.5, 0.6) is 0 Å². The van der Waals surface area contributed by atoms with Crippen LogP contribution in [0.1, 0.15) is 99.8 Å². The summed E-state index contributed by atoms with van der Waals surface area (Å²) < 4.78 is 0. The summed E-state index contributed by atoms with van der Waals surface area (Å²) in [5.41, 5.74) is 4.61. The van der Waals surface area contributed by atoms with Gasteiger partial charge in [0, 0.05) is 0 Å². The molecule has 0 aromatic heterocycles. The lowest BCUT2D eigenvalue weighted by Gasteiger charge is -2.56. The fourth-order valence-electron chi connectivity index (χ4n) is 8.52. The van der Waals surface area contributed by atoms with E-state index in [4.69, 9.17) is 0 Å². The summed E-state index contributed by atoms with van der Waals surface area (Å²) in [5.74, 6) is 4.93. The summed E-state index contributed by atoms with van der Waals surface area (Å²) >= 11 is 0. The van der Waals surface area contributed by atoms with Crippen LogP contribution in [0.3, 0.4) is 0 Å². The van der Waals surface area contributed by atoms with Gasteiger partial charge < -0.3 is 5.11 Å². The van der Waals surface area contributed by atoms with Crippen LogP contribution in [0.25, 0.3) is 0 Å². The molecule has 0 bridgehead atoms. The predicted octanol–water partition coefficient (Wildman–Crippen LogP) is 7.80. The van der Waals surface area contributed by atoms with Gasteiger partial charge in [-0.2, -0.15) is 0 Å². The highest BCUT2D eigenvalue weighted by Gasteiger charge is 2.56. The molecule has 4 aliphatic rings. The van der Waals surface area contributed by atoms with Crippen LogP contribution in [0.4, 0.5) is 0 Å². The molecule has 0 aliphatic heterocycles. The molecule has 0 heterocycles. The number of aliphatic hydroxyl groups is 1. The summed E-state index contributed by atoms with van der Waals surface area (Å²) in [7, 11) is 0. The van der Waals surface area contributed by atoms with E-state index in [0.717, 1.165) is 24.2 Å². The van der Waals surface area contributed by atoms with Gasteiger partial charge in [-0.05, 0) is 104 Å². The van der Waals surface area contributed by atoms with Crippen LogP contribution in [-0.4, -0.2) is 11.2 Å². The lowest BCUT2D eigenvalue weighted by Crippen LogP contribution is -2.49. The fourth-order valence-corrected chi connectivity index (χ4v) is 8.52. The molecule has 2 fully saturated rings. The molecule has 9 atom stereocenters. The van der Waals surface area contributed by atoms with E-state index in [1.54, 1.807) is 0 Å². The van der Waals surface area contributed by atoms with Crippen molar-refractivity contribution in [1.82, 2.24) is 0 Å². The zero-order valence-corrected chi connectivity index (χ0v) is 20.9. The van der Waals surface area contributed by atoms with Crippen molar-refractivity contribution in [2.45, 2.75) is 106 Å². The Labute approximate surface area is 186 Å². The third-order valence-corrected chi connectivity index (χ3v) is 11.0. The Morgan fingerprint density at radius 3 is 2.37 bits per heavy atom. The molecular formula is C29H48O. The molecule has 0 spiro atoms. The number of hydrogen-bond acceptors (Lipinski definition) is 1. The Morgan fingerprint density at radius 2 is 1.67 bits per heavy atom. The summed E-state index contributed by atoms with van der Waals surface area (Å²) in [6.07, 6.45) is 15.4. The van der Waals surface area contributed by atoms with E-state index in [1.165, 1.54) is 44.9 Å². The fraction of sp³-hybridized carbons (Fsp3) is 0.862. The summed E-state index contributed by atoms with van der Waals surface area (Å²) in [6, 6.07) is 0. The van der Waals surface area contributed by atoms with Gasteiger partial charge in [-0.15, -0.1) is 0 Å². The summed E-state index contributed by atoms with van der Waals surface area (Å²) in [4.78, 5) is 0. The van der Waals surface area contributed by atoms with Crippen molar-refractivity contribution in [2.75, 3.05) is 0 Å². The van der Waals surface area contributed by atoms with E-state index in [2.05, 4.69) is 60.6 Å². The van der Waals surface area contributed by atoms with Crippen LogP contribution < -0.4 is 0 Å². The maximum atomic E-state index is 10.5. The maximum Gasteiger partial charge on any atom is 0.0569 e. The molecule has 0 amide bonds. The second-order valence-corrected chi connectivity index (χ2v) is 12.6. The first-order valence-corrected chi connectivity index (χ1v) is 13.2. The molecule has 0 aromatic rings. The molecule has 170 valence electrons. The minimum Gasteiger partial charge on any atom is -0.393 e. The summed E-state index contributed by atoms with van der Waals surface area (Å²) in [6.45, 7) is 17.1. The highest BCUT2D eigenvalue weighted by Crippen LogP contribution is 2.66. The molecule has 0 saturated heterocycles. The van der Waals surface area contributed by atoms with Crippen molar-refractivity contribution < 1.29 is 5.11 Å². The Kier molecular flexibility index (Phi) is 6.10. The first kappa shape index (κ1) is 22.6. The van der Waals surface area contributed by atoms with E-state index in [1.807, 2.05) is 11.1 Å². The highest BCUT2D eigenvalue weighted by atomic mass is 16.3. The maximum absolute atomic E-state index is 10.5. The zero-order chi connectivity index (χ0) is 21.8. The van der Waals surface area contributed by atoms with Crippen molar-refractivity contribution in [1.29, 1.82) is 0 Å². The van der Waals surface area contributed by atoms with E-state index >= 15 is 0 Å². The topological polar surface area (TPSA) is 20.2 Å². The monoisotopic (exact) mass is 412 g/mol. The Balaban J connectivity index is 1.58.